The quantitative estimate of drug-likeness (QED) is 0.494. The number of carbonyl (C=O) groups excluding carboxylic acids is 1. The maximum absolute atomic E-state index is 12.7. The SMILES string of the molecule is C=CCn1c(S[C@H](C)C(=O)NCC)nc2ccc(Cl)cc2c1=O. The van der Waals surface area contributed by atoms with Crippen LogP contribution in [0.1, 0.15) is 13.8 Å². The van der Waals surface area contributed by atoms with Crippen molar-refractivity contribution in [2.24, 2.45) is 0 Å². The molecule has 0 aliphatic heterocycles. The fourth-order valence-corrected chi connectivity index (χ4v) is 3.20. The van der Waals surface area contributed by atoms with Gasteiger partial charge in [-0.2, -0.15) is 0 Å². The van der Waals surface area contributed by atoms with E-state index in [0.29, 0.717) is 34.2 Å². The van der Waals surface area contributed by atoms with E-state index in [1.807, 2.05) is 6.92 Å². The summed E-state index contributed by atoms with van der Waals surface area (Å²) in [6.07, 6.45) is 1.63. The number of aromatic nitrogens is 2. The molecule has 1 atom stereocenters. The van der Waals surface area contributed by atoms with Gasteiger partial charge in [0.15, 0.2) is 5.16 Å². The van der Waals surface area contributed by atoms with Gasteiger partial charge in [-0.15, -0.1) is 6.58 Å². The molecule has 2 aromatic rings. The van der Waals surface area contributed by atoms with Crippen molar-refractivity contribution in [3.8, 4) is 0 Å². The minimum atomic E-state index is -0.359. The predicted molar refractivity (Wildman–Crippen MR) is 95.2 cm³/mol. The third-order valence-electron chi connectivity index (χ3n) is 3.20. The van der Waals surface area contributed by atoms with E-state index in [0.717, 1.165) is 0 Å². The molecule has 1 amide bonds. The summed E-state index contributed by atoms with van der Waals surface area (Å²) >= 11 is 7.22. The van der Waals surface area contributed by atoms with Crippen molar-refractivity contribution in [2.75, 3.05) is 6.54 Å². The van der Waals surface area contributed by atoms with Crippen LogP contribution in [0.5, 0.6) is 0 Å². The van der Waals surface area contributed by atoms with Crippen molar-refractivity contribution in [1.29, 1.82) is 0 Å². The van der Waals surface area contributed by atoms with Crippen LogP contribution in [0.25, 0.3) is 10.9 Å². The third-order valence-corrected chi connectivity index (χ3v) is 4.52. The van der Waals surface area contributed by atoms with E-state index in [1.165, 1.54) is 16.3 Å². The highest BCUT2D eigenvalue weighted by Crippen LogP contribution is 2.23. The molecule has 0 saturated heterocycles. The van der Waals surface area contributed by atoms with Gasteiger partial charge in [-0.3, -0.25) is 14.2 Å². The molecule has 7 heteroatoms. The number of allylic oxidation sites excluding steroid dienone is 1. The van der Waals surface area contributed by atoms with Crippen LogP contribution < -0.4 is 10.9 Å². The van der Waals surface area contributed by atoms with Crippen molar-refractivity contribution < 1.29 is 4.79 Å². The molecule has 0 radical (unpaired) electrons. The number of nitrogens with zero attached hydrogens (tertiary/aromatic N) is 2. The van der Waals surface area contributed by atoms with Crippen molar-refractivity contribution in [2.45, 2.75) is 30.8 Å². The molecule has 0 unspecified atom stereocenters. The van der Waals surface area contributed by atoms with Gasteiger partial charge in [-0.05, 0) is 32.0 Å². The Labute approximate surface area is 143 Å². The summed E-state index contributed by atoms with van der Waals surface area (Å²) in [5.41, 5.74) is 0.369. The van der Waals surface area contributed by atoms with E-state index in [9.17, 15) is 9.59 Å². The van der Waals surface area contributed by atoms with E-state index in [4.69, 9.17) is 11.6 Å². The number of benzene rings is 1. The fourth-order valence-electron chi connectivity index (χ4n) is 2.08. The summed E-state index contributed by atoms with van der Waals surface area (Å²) in [5, 5.41) is 3.83. The molecular formula is C16H18ClN3O2S. The molecule has 1 aromatic carbocycles. The molecule has 2 rings (SSSR count). The zero-order valence-corrected chi connectivity index (χ0v) is 14.6. The molecule has 0 fully saturated rings. The lowest BCUT2D eigenvalue weighted by molar-refractivity contribution is -0.120. The van der Waals surface area contributed by atoms with Gasteiger partial charge in [0.2, 0.25) is 5.91 Å². The number of hydrogen-bond acceptors (Lipinski definition) is 4. The molecule has 5 nitrogen and oxygen atoms in total. The summed E-state index contributed by atoms with van der Waals surface area (Å²) in [7, 11) is 0. The van der Waals surface area contributed by atoms with Gasteiger partial charge in [-0.25, -0.2) is 4.98 Å². The molecule has 1 heterocycles. The van der Waals surface area contributed by atoms with E-state index in [1.54, 1.807) is 31.2 Å². The summed E-state index contributed by atoms with van der Waals surface area (Å²) in [6, 6.07) is 5.00. The molecule has 1 aromatic heterocycles. The van der Waals surface area contributed by atoms with Gasteiger partial charge in [0.25, 0.3) is 5.56 Å². The van der Waals surface area contributed by atoms with Gasteiger partial charge in [0, 0.05) is 18.1 Å². The Bertz CT molecular complexity index is 804. The van der Waals surface area contributed by atoms with Crippen LogP contribution >= 0.6 is 23.4 Å². The average molecular weight is 352 g/mol. The zero-order valence-electron chi connectivity index (χ0n) is 13.0. The standard InChI is InChI=1S/C16H18ClN3O2S/c1-4-8-20-15(22)12-9-11(17)6-7-13(12)19-16(20)23-10(3)14(21)18-5-2/h4,6-7,9-10H,1,5,8H2,2-3H3,(H,18,21)/t10-/m1/s1. The number of amides is 1. The van der Waals surface area contributed by atoms with Crippen molar-refractivity contribution >= 4 is 40.2 Å². The van der Waals surface area contributed by atoms with Gasteiger partial charge in [0.1, 0.15) is 0 Å². The smallest absolute Gasteiger partial charge is 0.262 e. The van der Waals surface area contributed by atoms with Crippen LogP contribution in [0.4, 0.5) is 0 Å². The summed E-state index contributed by atoms with van der Waals surface area (Å²) in [5.74, 6) is -0.0897. The second-order valence-electron chi connectivity index (χ2n) is 4.91. The van der Waals surface area contributed by atoms with Crippen LogP contribution in [0.15, 0.2) is 40.8 Å². The first-order valence-corrected chi connectivity index (χ1v) is 8.49. The fraction of sp³-hybridized carbons (Fsp3) is 0.312. The van der Waals surface area contributed by atoms with Crippen molar-refractivity contribution in [1.82, 2.24) is 14.9 Å². The molecule has 122 valence electrons. The lowest BCUT2D eigenvalue weighted by atomic mass is 10.2. The molecular weight excluding hydrogens is 334 g/mol. The minimum Gasteiger partial charge on any atom is -0.355 e. The van der Waals surface area contributed by atoms with Crippen LogP contribution in [0.3, 0.4) is 0 Å². The Morgan fingerprint density at radius 1 is 1.57 bits per heavy atom. The molecule has 0 aliphatic rings. The number of hydrogen-bond donors (Lipinski definition) is 1. The number of halogens is 1. The summed E-state index contributed by atoms with van der Waals surface area (Å²) < 4.78 is 1.51. The zero-order chi connectivity index (χ0) is 17.0. The lowest BCUT2D eigenvalue weighted by Crippen LogP contribution is -2.31. The maximum Gasteiger partial charge on any atom is 0.262 e. The molecule has 23 heavy (non-hydrogen) atoms. The van der Waals surface area contributed by atoms with Crippen molar-refractivity contribution in [3.63, 3.8) is 0 Å². The van der Waals surface area contributed by atoms with Gasteiger partial charge >= 0.3 is 0 Å². The number of thioether (sulfide) groups is 1. The topological polar surface area (TPSA) is 64.0 Å². The molecule has 0 saturated carbocycles. The molecule has 0 aliphatic carbocycles. The normalized spacial score (nSPS) is 12.1. The highest BCUT2D eigenvalue weighted by Gasteiger charge is 2.18. The summed E-state index contributed by atoms with van der Waals surface area (Å²) in [6.45, 7) is 8.20. The summed E-state index contributed by atoms with van der Waals surface area (Å²) in [4.78, 5) is 29.1. The molecule has 0 bridgehead atoms. The Balaban J connectivity index is 2.51. The number of fused-ring (bicyclic) bond motifs is 1. The maximum atomic E-state index is 12.7. The molecule has 1 N–H and O–H groups in total. The first-order valence-electron chi connectivity index (χ1n) is 7.23. The number of carbonyl (C=O) groups is 1. The van der Waals surface area contributed by atoms with Gasteiger partial charge < -0.3 is 5.32 Å². The van der Waals surface area contributed by atoms with Crippen LogP contribution in [0.2, 0.25) is 5.02 Å². The Morgan fingerprint density at radius 2 is 2.30 bits per heavy atom. The first-order chi connectivity index (χ1) is 11.0. The van der Waals surface area contributed by atoms with Gasteiger partial charge in [0.05, 0.1) is 16.2 Å². The third kappa shape index (κ3) is 3.95. The minimum absolute atomic E-state index is 0.0897. The Kier molecular flexibility index (Phi) is 5.85. The van der Waals surface area contributed by atoms with Crippen LogP contribution in [0, 0.1) is 0 Å². The van der Waals surface area contributed by atoms with Crippen molar-refractivity contribution in [3.05, 3.63) is 46.2 Å². The second kappa shape index (κ2) is 7.66. The second-order valence-corrected chi connectivity index (χ2v) is 6.66. The van der Waals surface area contributed by atoms with Crippen LogP contribution in [-0.4, -0.2) is 27.3 Å². The predicted octanol–water partition coefficient (Wildman–Crippen LogP) is 2.85. The Morgan fingerprint density at radius 3 is 2.96 bits per heavy atom. The van der Waals surface area contributed by atoms with E-state index in [2.05, 4.69) is 16.9 Å². The highest BCUT2D eigenvalue weighted by atomic mass is 35.5. The Hall–Kier alpha value is -1.79. The molecule has 0 spiro atoms. The average Bonchev–Trinajstić information content (AvgIpc) is 2.52. The highest BCUT2D eigenvalue weighted by molar-refractivity contribution is 8.00. The van der Waals surface area contributed by atoms with E-state index in [-0.39, 0.29) is 16.7 Å². The lowest BCUT2D eigenvalue weighted by Gasteiger charge is -2.15. The number of nitrogens with one attached hydrogen (secondary N) is 1. The monoisotopic (exact) mass is 351 g/mol. The van der Waals surface area contributed by atoms with E-state index >= 15 is 0 Å². The van der Waals surface area contributed by atoms with E-state index < -0.39 is 0 Å². The number of rotatable bonds is 6. The van der Waals surface area contributed by atoms with Gasteiger partial charge in [-0.1, -0.05) is 29.4 Å². The first kappa shape index (κ1) is 17.6. The largest absolute Gasteiger partial charge is 0.355 e. The van der Waals surface area contributed by atoms with Crippen LogP contribution in [-0.2, 0) is 11.3 Å².